The lowest BCUT2D eigenvalue weighted by Crippen LogP contribution is -1.73. The number of hydrogen-bond acceptors (Lipinski definition) is 1. The molecule has 2 aromatic rings. The predicted molar refractivity (Wildman–Crippen MR) is 80.6 cm³/mol. The normalized spacial score (nSPS) is 8.44. The Kier molecular flexibility index (Phi) is 10.8. The molecule has 0 amide bonds. The summed E-state index contributed by atoms with van der Waals surface area (Å²) in [5, 5.41) is 7.57. The molecular weight excluding hydrogens is 220 g/mol. The average Bonchev–Trinajstić information content (AvgIpc) is 2.43. The molecule has 0 aliphatic rings. The summed E-state index contributed by atoms with van der Waals surface area (Å²) in [7, 11) is 0. The van der Waals surface area contributed by atoms with Crippen molar-refractivity contribution < 1.29 is 5.11 Å². The Labute approximate surface area is 111 Å². The molecule has 0 heterocycles. The second kappa shape index (κ2) is 11.9. The number of rotatable bonds is 1. The number of aliphatic hydroxyl groups is 1. The van der Waals surface area contributed by atoms with Crippen molar-refractivity contribution in [3.05, 3.63) is 60.7 Å². The van der Waals surface area contributed by atoms with Crippen LogP contribution in [0.15, 0.2) is 60.7 Å². The molecule has 0 saturated heterocycles. The largest absolute Gasteiger partial charge is 0.397 e. The SMILES string of the molecule is CCC.CCO.c1ccc(-c2ccccc2)cc1. The zero-order valence-corrected chi connectivity index (χ0v) is 11.6. The molecule has 0 radical (unpaired) electrons. The summed E-state index contributed by atoms with van der Waals surface area (Å²) in [6.45, 7) is 6.18. The molecule has 98 valence electrons. The first-order valence-corrected chi connectivity index (χ1v) is 6.51. The molecule has 0 aliphatic carbocycles. The second-order valence-corrected chi connectivity index (χ2v) is 3.76. The Morgan fingerprint density at radius 3 is 1.11 bits per heavy atom. The summed E-state index contributed by atoms with van der Waals surface area (Å²) in [5.74, 6) is 0. The minimum absolute atomic E-state index is 0.250. The van der Waals surface area contributed by atoms with Crippen LogP contribution in [0.25, 0.3) is 11.1 Å². The molecule has 0 aromatic heterocycles. The third-order valence-electron chi connectivity index (χ3n) is 1.88. The van der Waals surface area contributed by atoms with Crippen LogP contribution in [-0.4, -0.2) is 11.7 Å². The highest BCUT2D eigenvalue weighted by Gasteiger charge is 1.91. The van der Waals surface area contributed by atoms with Crippen LogP contribution in [0, 0.1) is 0 Å². The quantitative estimate of drug-likeness (QED) is 0.766. The lowest BCUT2D eigenvalue weighted by Gasteiger charge is -1.98. The molecule has 18 heavy (non-hydrogen) atoms. The van der Waals surface area contributed by atoms with Crippen molar-refractivity contribution in [3.63, 3.8) is 0 Å². The van der Waals surface area contributed by atoms with Gasteiger partial charge in [-0.15, -0.1) is 0 Å². The fraction of sp³-hybridized carbons (Fsp3) is 0.294. The van der Waals surface area contributed by atoms with Crippen LogP contribution in [0.5, 0.6) is 0 Å². The molecule has 1 heteroatoms. The summed E-state index contributed by atoms with van der Waals surface area (Å²) < 4.78 is 0. The smallest absolute Gasteiger partial charge is 0.0402 e. The molecule has 0 fully saturated rings. The Morgan fingerprint density at radius 2 is 0.889 bits per heavy atom. The molecule has 2 rings (SSSR count). The molecule has 0 aliphatic heterocycles. The van der Waals surface area contributed by atoms with Crippen molar-refractivity contribution in [1.82, 2.24) is 0 Å². The maximum absolute atomic E-state index is 7.57. The van der Waals surface area contributed by atoms with Crippen molar-refractivity contribution in [2.75, 3.05) is 6.61 Å². The Morgan fingerprint density at radius 1 is 0.667 bits per heavy atom. The van der Waals surface area contributed by atoms with Gasteiger partial charge in [0.15, 0.2) is 0 Å². The summed E-state index contributed by atoms with van der Waals surface area (Å²) in [6, 6.07) is 20.8. The lowest BCUT2D eigenvalue weighted by atomic mass is 10.1. The Balaban J connectivity index is 0.000000414. The Bertz CT molecular complexity index is 328. The minimum Gasteiger partial charge on any atom is -0.397 e. The number of benzene rings is 2. The maximum Gasteiger partial charge on any atom is 0.0402 e. The maximum atomic E-state index is 7.57. The molecule has 1 nitrogen and oxygen atoms in total. The van der Waals surface area contributed by atoms with E-state index >= 15 is 0 Å². The molecule has 0 spiro atoms. The van der Waals surface area contributed by atoms with Gasteiger partial charge in [-0.1, -0.05) is 80.9 Å². The van der Waals surface area contributed by atoms with E-state index in [1.807, 2.05) is 12.1 Å². The second-order valence-electron chi connectivity index (χ2n) is 3.76. The summed E-state index contributed by atoms with van der Waals surface area (Å²) in [4.78, 5) is 0. The first-order valence-electron chi connectivity index (χ1n) is 6.51. The van der Waals surface area contributed by atoms with Crippen LogP contribution in [0.4, 0.5) is 0 Å². The van der Waals surface area contributed by atoms with Crippen molar-refractivity contribution in [1.29, 1.82) is 0 Å². The first kappa shape index (κ1) is 16.4. The zero-order valence-electron chi connectivity index (χ0n) is 11.6. The third-order valence-corrected chi connectivity index (χ3v) is 1.88. The van der Waals surface area contributed by atoms with Crippen molar-refractivity contribution in [2.24, 2.45) is 0 Å². The topological polar surface area (TPSA) is 20.2 Å². The average molecular weight is 244 g/mol. The van der Waals surface area contributed by atoms with E-state index in [1.54, 1.807) is 6.92 Å². The van der Waals surface area contributed by atoms with E-state index in [2.05, 4.69) is 62.4 Å². The monoisotopic (exact) mass is 244 g/mol. The van der Waals surface area contributed by atoms with Gasteiger partial charge in [-0.3, -0.25) is 0 Å². The molecule has 2 aromatic carbocycles. The number of hydrogen-bond donors (Lipinski definition) is 1. The van der Waals surface area contributed by atoms with Crippen LogP contribution < -0.4 is 0 Å². The van der Waals surface area contributed by atoms with E-state index in [0.29, 0.717) is 0 Å². The summed E-state index contributed by atoms with van der Waals surface area (Å²) in [5.41, 5.74) is 2.55. The van der Waals surface area contributed by atoms with Gasteiger partial charge < -0.3 is 5.11 Å². The highest BCUT2D eigenvalue weighted by molar-refractivity contribution is 5.62. The standard InChI is InChI=1S/C12H10.C3H8.C2H6O/c1-3-7-11(8-4-1)12-9-5-2-6-10-12;1-3-2;1-2-3/h1-10H;3H2,1-2H3;3H,2H2,1H3. The highest BCUT2D eigenvalue weighted by atomic mass is 16.2. The van der Waals surface area contributed by atoms with Crippen LogP contribution in [0.2, 0.25) is 0 Å². The van der Waals surface area contributed by atoms with Gasteiger partial charge in [0.25, 0.3) is 0 Å². The van der Waals surface area contributed by atoms with Gasteiger partial charge in [-0.05, 0) is 18.1 Å². The van der Waals surface area contributed by atoms with E-state index in [4.69, 9.17) is 5.11 Å². The van der Waals surface area contributed by atoms with Gasteiger partial charge in [0.05, 0.1) is 0 Å². The van der Waals surface area contributed by atoms with Crippen molar-refractivity contribution >= 4 is 0 Å². The fourth-order valence-electron chi connectivity index (χ4n) is 1.26. The minimum atomic E-state index is 0.250. The summed E-state index contributed by atoms with van der Waals surface area (Å²) in [6.07, 6.45) is 1.25. The predicted octanol–water partition coefficient (Wildman–Crippen LogP) is 4.77. The van der Waals surface area contributed by atoms with Crippen LogP contribution >= 0.6 is 0 Å². The van der Waals surface area contributed by atoms with Crippen LogP contribution in [0.1, 0.15) is 27.2 Å². The van der Waals surface area contributed by atoms with E-state index < -0.39 is 0 Å². The highest BCUT2D eigenvalue weighted by Crippen LogP contribution is 2.17. The van der Waals surface area contributed by atoms with Gasteiger partial charge >= 0.3 is 0 Å². The van der Waals surface area contributed by atoms with E-state index in [-0.39, 0.29) is 6.61 Å². The van der Waals surface area contributed by atoms with E-state index in [1.165, 1.54) is 17.5 Å². The molecule has 0 unspecified atom stereocenters. The van der Waals surface area contributed by atoms with Crippen molar-refractivity contribution in [2.45, 2.75) is 27.2 Å². The molecular formula is C17H24O. The fourth-order valence-corrected chi connectivity index (χ4v) is 1.26. The zero-order chi connectivity index (χ0) is 13.6. The number of aliphatic hydroxyl groups excluding tert-OH is 1. The van der Waals surface area contributed by atoms with Crippen LogP contribution in [-0.2, 0) is 0 Å². The van der Waals surface area contributed by atoms with Gasteiger partial charge in [-0.25, -0.2) is 0 Å². The van der Waals surface area contributed by atoms with E-state index in [0.717, 1.165) is 0 Å². The van der Waals surface area contributed by atoms with Crippen LogP contribution in [0.3, 0.4) is 0 Å². The molecule has 0 saturated carbocycles. The first-order chi connectivity index (χ1) is 8.79. The van der Waals surface area contributed by atoms with Gasteiger partial charge in [0.2, 0.25) is 0 Å². The lowest BCUT2D eigenvalue weighted by molar-refractivity contribution is 0.318. The van der Waals surface area contributed by atoms with Gasteiger partial charge in [-0.2, -0.15) is 0 Å². The molecule has 1 N–H and O–H groups in total. The molecule has 0 bridgehead atoms. The van der Waals surface area contributed by atoms with Gasteiger partial charge in [0, 0.05) is 6.61 Å². The summed E-state index contributed by atoms with van der Waals surface area (Å²) >= 11 is 0. The van der Waals surface area contributed by atoms with E-state index in [9.17, 15) is 0 Å². The van der Waals surface area contributed by atoms with Crippen molar-refractivity contribution in [3.8, 4) is 11.1 Å². The van der Waals surface area contributed by atoms with Gasteiger partial charge in [0.1, 0.15) is 0 Å². The third kappa shape index (κ3) is 7.64. The molecule has 0 atom stereocenters. The Hall–Kier alpha value is -1.60.